The van der Waals surface area contributed by atoms with Crippen molar-refractivity contribution in [1.29, 1.82) is 0 Å². The second-order valence-electron chi connectivity index (χ2n) is 6.11. The fraction of sp³-hybridized carbons (Fsp3) is 0.625. The van der Waals surface area contributed by atoms with E-state index in [0.717, 1.165) is 26.1 Å². The molecule has 1 heterocycles. The van der Waals surface area contributed by atoms with E-state index < -0.39 is 6.10 Å². The van der Waals surface area contributed by atoms with Gasteiger partial charge in [-0.25, -0.2) is 4.39 Å². The van der Waals surface area contributed by atoms with Gasteiger partial charge in [0.25, 0.3) is 0 Å². The van der Waals surface area contributed by atoms with Crippen LogP contribution >= 0.6 is 0 Å². The van der Waals surface area contributed by atoms with Crippen molar-refractivity contribution in [3.8, 4) is 0 Å². The molecule has 20 heavy (non-hydrogen) atoms. The summed E-state index contributed by atoms with van der Waals surface area (Å²) in [6.45, 7) is 4.87. The standard InChI is InChI=1S/C16H25FN2O/c1-12(10-19-9-8-13(11-19)18(2)3)16(20)14-6-4-5-7-15(14)17/h4-7,12-13,16,20H,8-11H2,1-3H3. The van der Waals surface area contributed by atoms with Gasteiger partial charge < -0.3 is 14.9 Å². The number of likely N-dealkylation sites (tertiary alicyclic amines) is 1. The molecule has 0 amide bonds. The van der Waals surface area contributed by atoms with Gasteiger partial charge in [-0.3, -0.25) is 0 Å². The Labute approximate surface area is 121 Å². The zero-order chi connectivity index (χ0) is 14.7. The van der Waals surface area contributed by atoms with Crippen molar-refractivity contribution in [2.24, 2.45) is 5.92 Å². The SMILES string of the molecule is CC(CN1CCC(N(C)C)C1)C(O)c1ccccc1F. The summed E-state index contributed by atoms with van der Waals surface area (Å²) >= 11 is 0. The molecule has 1 N–H and O–H groups in total. The van der Waals surface area contributed by atoms with Gasteiger partial charge in [0.2, 0.25) is 0 Å². The molecule has 0 aromatic heterocycles. The molecule has 3 nitrogen and oxygen atoms in total. The minimum Gasteiger partial charge on any atom is -0.388 e. The lowest BCUT2D eigenvalue weighted by atomic mass is 9.96. The number of rotatable bonds is 5. The Morgan fingerprint density at radius 1 is 1.40 bits per heavy atom. The lowest BCUT2D eigenvalue weighted by Gasteiger charge is -2.26. The first kappa shape index (κ1) is 15.4. The predicted octanol–water partition coefficient (Wildman–Crippen LogP) is 2.13. The molecule has 0 aliphatic carbocycles. The first-order chi connectivity index (χ1) is 9.49. The molecule has 3 atom stereocenters. The minimum absolute atomic E-state index is 0.0211. The molecule has 3 unspecified atom stereocenters. The highest BCUT2D eigenvalue weighted by atomic mass is 19.1. The van der Waals surface area contributed by atoms with Crippen molar-refractivity contribution in [3.05, 3.63) is 35.6 Å². The average molecular weight is 280 g/mol. The number of likely N-dealkylation sites (N-methyl/N-ethyl adjacent to an activating group) is 1. The highest BCUT2D eigenvalue weighted by Crippen LogP contribution is 2.26. The van der Waals surface area contributed by atoms with Crippen LogP contribution in [0.15, 0.2) is 24.3 Å². The monoisotopic (exact) mass is 280 g/mol. The van der Waals surface area contributed by atoms with Crippen molar-refractivity contribution in [3.63, 3.8) is 0 Å². The van der Waals surface area contributed by atoms with E-state index in [-0.39, 0.29) is 11.7 Å². The smallest absolute Gasteiger partial charge is 0.129 e. The fourth-order valence-corrected chi connectivity index (χ4v) is 2.93. The van der Waals surface area contributed by atoms with Crippen LogP contribution in [-0.2, 0) is 0 Å². The summed E-state index contributed by atoms with van der Waals surface area (Å²) in [5, 5.41) is 10.3. The summed E-state index contributed by atoms with van der Waals surface area (Å²) in [5.74, 6) is -0.299. The van der Waals surface area contributed by atoms with Gasteiger partial charge in [-0.15, -0.1) is 0 Å². The third-order valence-corrected chi connectivity index (χ3v) is 4.29. The average Bonchev–Trinajstić information content (AvgIpc) is 2.87. The van der Waals surface area contributed by atoms with E-state index in [1.165, 1.54) is 6.07 Å². The number of aliphatic hydroxyl groups excluding tert-OH is 1. The predicted molar refractivity (Wildman–Crippen MR) is 79.1 cm³/mol. The van der Waals surface area contributed by atoms with Gasteiger partial charge in [-0.2, -0.15) is 0 Å². The fourth-order valence-electron chi connectivity index (χ4n) is 2.93. The molecule has 4 heteroatoms. The Kier molecular flexibility index (Phi) is 5.13. The normalized spacial score (nSPS) is 23.2. The summed E-state index contributed by atoms with van der Waals surface area (Å²) in [4.78, 5) is 4.61. The number of hydrogen-bond donors (Lipinski definition) is 1. The van der Waals surface area contributed by atoms with Gasteiger partial charge in [0, 0.05) is 24.7 Å². The zero-order valence-corrected chi connectivity index (χ0v) is 12.6. The molecular formula is C16H25FN2O. The summed E-state index contributed by atoms with van der Waals surface area (Å²) in [6, 6.07) is 7.09. The van der Waals surface area contributed by atoms with E-state index in [4.69, 9.17) is 0 Å². The maximum Gasteiger partial charge on any atom is 0.129 e. The topological polar surface area (TPSA) is 26.7 Å². The van der Waals surface area contributed by atoms with Crippen molar-refractivity contribution in [2.45, 2.75) is 25.5 Å². The molecule has 1 aromatic carbocycles. The van der Waals surface area contributed by atoms with Crippen LogP contribution < -0.4 is 0 Å². The van der Waals surface area contributed by atoms with E-state index in [1.54, 1.807) is 18.2 Å². The first-order valence-electron chi connectivity index (χ1n) is 7.30. The largest absolute Gasteiger partial charge is 0.388 e. The summed E-state index contributed by atoms with van der Waals surface area (Å²) in [6.07, 6.45) is 0.421. The van der Waals surface area contributed by atoms with E-state index in [2.05, 4.69) is 23.9 Å². The summed E-state index contributed by atoms with van der Waals surface area (Å²) in [7, 11) is 4.21. The molecule has 0 spiro atoms. The Morgan fingerprint density at radius 3 is 2.70 bits per heavy atom. The number of benzene rings is 1. The Bertz CT molecular complexity index is 438. The zero-order valence-electron chi connectivity index (χ0n) is 12.6. The molecule has 1 aliphatic heterocycles. The van der Waals surface area contributed by atoms with E-state index in [0.29, 0.717) is 11.6 Å². The van der Waals surface area contributed by atoms with Crippen LogP contribution in [0, 0.1) is 11.7 Å². The van der Waals surface area contributed by atoms with Crippen LogP contribution in [0.5, 0.6) is 0 Å². The number of aliphatic hydroxyl groups is 1. The van der Waals surface area contributed by atoms with Gasteiger partial charge in [0.05, 0.1) is 6.10 Å². The van der Waals surface area contributed by atoms with Crippen LogP contribution in [0.3, 0.4) is 0 Å². The first-order valence-corrected chi connectivity index (χ1v) is 7.30. The Hall–Kier alpha value is -0.970. The minimum atomic E-state index is -0.741. The third-order valence-electron chi connectivity index (χ3n) is 4.29. The molecule has 0 bridgehead atoms. The highest BCUT2D eigenvalue weighted by molar-refractivity contribution is 5.20. The van der Waals surface area contributed by atoms with E-state index >= 15 is 0 Å². The van der Waals surface area contributed by atoms with Gasteiger partial charge in [-0.1, -0.05) is 25.1 Å². The Morgan fingerprint density at radius 2 is 2.10 bits per heavy atom. The molecular weight excluding hydrogens is 255 g/mol. The lowest BCUT2D eigenvalue weighted by molar-refractivity contribution is 0.0897. The van der Waals surface area contributed by atoms with Crippen LogP contribution in [0.4, 0.5) is 4.39 Å². The molecule has 1 saturated heterocycles. The van der Waals surface area contributed by atoms with Crippen LogP contribution in [-0.4, -0.2) is 54.7 Å². The lowest BCUT2D eigenvalue weighted by Crippen LogP contribution is -2.34. The third kappa shape index (κ3) is 3.57. The number of halogens is 1. The van der Waals surface area contributed by atoms with Crippen LogP contribution in [0.1, 0.15) is 25.0 Å². The maximum atomic E-state index is 13.7. The second kappa shape index (κ2) is 6.66. The summed E-state index contributed by atoms with van der Waals surface area (Å²) < 4.78 is 13.7. The molecule has 0 saturated carbocycles. The van der Waals surface area contributed by atoms with Gasteiger partial charge in [0.15, 0.2) is 0 Å². The van der Waals surface area contributed by atoms with Gasteiger partial charge in [-0.05, 0) is 39.0 Å². The summed E-state index contributed by atoms with van der Waals surface area (Å²) in [5.41, 5.74) is 0.406. The van der Waals surface area contributed by atoms with E-state index in [9.17, 15) is 9.50 Å². The van der Waals surface area contributed by atoms with Crippen molar-refractivity contribution >= 4 is 0 Å². The van der Waals surface area contributed by atoms with Crippen LogP contribution in [0.2, 0.25) is 0 Å². The molecule has 1 aromatic rings. The molecule has 112 valence electrons. The molecule has 2 rings (SSSR count). The quantitative estimate of drug-likeness (QED) is 0.895. The Balaban J connectivity index is 1.92. The molecule has 0 radical (unpaired) electrons. The van der Waals surface area contributed by atoms with Crippen LogP contribution in [0.25, 0.3) is 0 Å². The van der Waals surface area contributed by atoms with Crippen molar-refractivity contribution in [1.82, 2.24) is 9.80 Å². The second-order valence-corrected chi connectivity index (χ2v) is 6.11. The number of nitrogens with zero attached hydrogens (tertiary/aromatic N) is 2. The van der Waals surface area contributed by atoms with Gasteiger partial charge >= 0.3 is 0 Å². The van der Waals surface area contributed by atoms with Crippen molar-refractivity contribution in [2.75, 3.05) is 33.7 Å². The molecule has 1 aliphatic rings. The number of hydrogen-bond acceptors (Lipinski definition) is 3. The molecule has 1 fully saturated rings. The van der Waals surface area contributed by atoms with E-state index in [1.807, 2.05) is 6.92 Å². The van der Waals surface area contributed by atoms with Gasteiger partial charge in [0.1, 0.15) is 5.82 Å². The highest BCUT2D eigenvalue weighted by Gasteiger charge is 2.27. The van der Waals surface area contributed by atoms with Crippen molar-refractivity contribution < 1.29 is 9.50 Å². The maximum absolute atomic E-state index is 13.7.